The van der Waals surface area contributed by atoms with Crippen molar-refractivity contribution in [1.82, 2.24) is 5.32 Å². The van der Waals surface area contributed by atoms with Crippen molar-refractivity contribution in [2.45, 2.75) is 4.90 Å². The molecule has 218 valence electrons. The Kier molecular flexibility index (Phi) is 8.56. The molecule has 0 fully saturated rings. The van der Waals surface area contributed by atoms with Crippen LogP contribution in [0.1, 0.15) is 15.9 Å². The zero-order valence-corrected chi connectivity index (χ0v) is 24.2. The molecule has 9 heteroatoms. The molecule has 0 aliphatic carbocycles. The van der Waals surface area contributed by atoms with E-state index in [4.69, 9.17) is 9.47 Å². The second-order valence-corrected chi connectivity index (χ2v) is 10.9. The zero-order chi connectivity index (χ0) is 30.3. The van der Waals surface area contributed by atoms with E-state index in [0.717, 1.165) is 21.2 Å². The third-order valence-corrected chi connectivity index (χ3v) is 7.76. The standard InChI is InChI=1S/C35H27N3O5S/c39-33(36-27-16-17-31-32(20-27)43-22-42-31)21-44-28-14-7-13-26(19-28)37-35(41)30(38-34(40)24-9-2-1-3-10-24)18-25-12-6-11-23-8-4-5-15-29(23)25/h1-20H,21-22H2,(H,36,39)(H,37,41)(H,38,40)/b30-18+. The molecule has 1 aliphatic heterocycles. The molecule has 1 aliphatic rings. The number of rotatable bonds is 9. The van der Waals surface area contributed by atoms with E-state index >= 15 is 0 Å². The van der Waals surface area contributed by atoms with E-state index < -0.39 is 11.8 Å². The van der Waals surface area contributed by atoms with Gasteiger partial charge >= 0.3 is 0 Å². The first-order valence-corrected chi connectivity index (χ1v) is 14.8. The number of hydrogen-bond acceptors (Lipinski definition) is 6. The minimum Gasteiger partial charge on any atom is -0.454 e. The predicted octanol–water partition coefficient (Wildman–Crippen LogP) is 6.71. The van der Waals surface area contributed by atoms with E-state index in [9.17, 15) is 14.4 Å². The summed E-state index contributed by atoms with van der Waals surface area (Å²) in [6.45, 7) is 0.162. The number of fused-ring (bicyclic) bond motifs is 2. The summed E-state index contributed by atoms with van der Waals surface area (Å²) in [6, 6.07) is 34.8. The van der Waals surface area contributed by atoms with Gasteiger partial charge in [0.1, 0.15) is 5.70 Å². The van der Waals surface area contributed by atoms with Gasteiger partial charge in [-0.1, -0.05) is 66.7 Å². The van der Waals surface area contributed by atoms with E-state index in [2.05, 4.69) is 16.0 Å². The molecule has 5 aromatic carbocycles. The second-order valence-electron chi connectivity index (χ2n) is 9.83. The zero-order valence-electron chi connectivity index (χ0n) is 23.4. The Bertz CT molecular complexity index is 1890. The molecule has 44 heavy (non-hydrogen) atoms. The van der Waals surface area contributed by atoms with E-state index in [0.29, 0.717) is 28.4 Å². The Balaban J connectivity index is 1.16. The molecule has 8 nitrogen and oxygen atoms in total. The Morgan fingerprint density at radius 1 is 0.727 bits per heavy atom. The van der Waals surface area contributed by atoms with Crippen LogP contribution in [0, 0.1) is 0 Å². The summed E-state index contributed by atoms with van der Waals surface area (Å²) in [5.41, 5.74) is 2.45. The van der Waals surface area contributed by atoms with Crippen LogP contribution in [-0.4, -0.2) is 30.3 Å². The van der Waals surface area contributed by atoms with Gasteiger partial charge in [-0.25, -0.2) is 0 Å². The third kappa shape index (κ3) is 6.91. The fourth-order valence-electron chi connectivity index (χ4n) is 4.66. The number of nitrogens with one attached hydrogen (secondary N) is 3. The summed E-state index contributed by atoms with van der Waals surface area (Å²) in [4.78, 5) is 40.1. The molecule has 3 amide bonds. The van der Waals surface area contributed by atoms with Crippen molar-refractivity contribution in [1.29, 1.82) is 0 Å². The summed E-state index contributed by atoms with van der Waals surface area (Å²) >= 11 is 1.33. The van der Waals surface area contributed by atoms with Crippen LogP contribution in [-0.2, 0) is 9.59 Å². The molecule has 0 saturated carbocycles. The first-order valence-electron chi connectivity index (χ1n) is 13.8. The minimum atomic E-state index is -0.482. The van der Waals surface area contributed by atoms with Crippen molar-refractivity contribution >= 4 is 57.7 Å². The van der Waals surface area contributed by atoms with Gasteiger partial charge < -0.3 is 25.4 Å². The van der Waals surface area contributed by atoms with Gasteiger partial charge in [-0.15, -0.1) is 11.8 Å². The number of thioether (sulfide) groups is 1. The lowest BCUT2D eigenvalue weighted by Crippen LogP contribution is -2.30. The maximum Gasteiger partial charge on any atom is 0.272 e. The number of carbonyl (C=O) groups is 3. The van der Waals surface area contributed by atoms with Gasteiger partial charge in [-0.2, -0.15) is 0 Å². The average molecular weight is 602 g/mol. The maximum absolute atomic E-state index is 13.6. The average Bonchev–Trinajstić information content (AvgIpc) is 3.52. The highest BCUT2D eigenvalue weighted by Crippen LogP contribution is 2.34. The molecule has 0 spiro atoms. The predicted molar refractivity (Wildman–Crippen MR) is 173 cm³/mol. The molecular weight excluding hydrogens is 574 g/mol. The lowest BCUT2D eigenvalue weighted by atomic mass is 10.0. The van der Waals surface area contributed by atoms with Gasteiger partial charge in [0.15, 0.2) is 11.5 Å². The molecule has 0 aromatic heterocycles. The normalized spacial score (nSPS) is 12.0. The molecule has 0 unspecified atom stereocenters. The Morgan fingerprint density at radius 2 is 1.48 bits per heavy atom. The van der Waals surface area contributed by atoms with Crippen molar-refractivity contribution < 1.29 is 23.9 Å². The minimum absolute atomic E-state index is 0.0939. The lowest BCUT2D eigenvalue weighted by Gasteiger charge is -2.13. The molecule has 0 radical (unpaired) electrons. The summed E-state index contributed by atoms with van der Waals surface area (Å²) in [5, 5.41) is 10.5. The number of anilines is 2. The molecule has 3 N–H and O–H groups in total. The highest BCUT2D eigenvalue weighted by atomic mass is 32.2. The van der Waals surface area contributed by atoms with Crippen LogP contribution in [0.4, 0.5) is 11.4 Å². The molecule has 0 bridgehead atoms. The highest BCUT2D eigenvalue weighted by Gasteiger charge is 2.17. The molecular formula is C35H27N3O5S. The smallest absolute Gasteiger partial charge is 0.272 e. The Labute approximate surface area is 258 Å². The topological polar surface area (TPSA) is 106 Å². The molecule has 0 saturated heterocycles. The lowest BCUT2D eigenvalue weighted by molar-refractivity contribution is -0.114. The first-order chi connectivity index (χ1) is 21.5. The van der Waals surface area contributed by atoms with Crippen LogP contribution >= 0.6 is 11.8 Å². The fourth-order valence-corrected chi connectivity index (χ4v) is 5.41. The molecule has 5 aromatic rings. The third-order valence-electron chi connectivity index (χ3n) is 6.77. The number of hydrogen-bond donors (Lipinski definition) is 3. The van der Waals surface area contributed by atoms with E-state index in [1.807, 2.05) is 54.6 Å². The van der Waals surface area contributed by atoms with Crippen LogP contribution in [0.15, 0.2) is 126 Å². The van der Waals surface area contributed by atoms with Crippen LogP contribution in [0.3, 0.4) is 0 Å². The number of amides is 3. The summed E-state index contributed by atoms with van der Waals surface area (Å²) in [6.07, 6.45) is 1.68. The molecule has 1 heterocycles. The largest absolute Gasteiger partial charge is 0.454 e. The fraction of sp³-hybridized carbons (Fsp3) is 0.0571. The van der Waals surface area contributed by atoms with Crippen LogP contribution in [0.2, 0.25) is 0 Å². The molecule has 6 rings (SSSR count). The van der Waals surface area contributed by atoms with Gasteiger partial charge in [0.25, 0.3) is 11.8 Å². The van der Waals surface area contributed by atoms with Crippen molar-refractivity contribution in [3.05, 3.63) is 132 Å². The van der Waals surface area contributed by atoms with Gasteiger partial charge in [0.05, 0.1) is 5.75 Å². The number of ether oxygens (including phenoxy) is 2. The first kappa shape index (κ1) is 28.6. The quantitative estimate of drug-likeness (QED) is 0.128. The van der Waals surface area contributed by atoms with Crippen LogP contribution in [0.25, 0.3) is 16.8 Å². The summed E-state index contributed by atoms with van der Waals surface area (Å²) in [7, 11) is 0. The van der Waals surface area contributed by atoms with Crippen LogP contribution in [0.5, 0.6) is 11.5 Å². The van der Waals surface area contributed by atoms with Crippen molar-refractivity contribution in [2.75, 3.05) is 23.2 Å². The second kappa shape index (κ2) is 13.2. The number of benzene rings is 5. The molecule has 0 atom stereocenters. The van der Waals surface area contributed by atoms with E-state index in [-0.39, 0.29) is 24.2 Å². The monoisotopic (exact) mass is 601 g/mol. The maximum atomic E-state index is 13.6. The SMILES string of the molecule is O=C(CSc1cccc(NC(=O)/C(=C\c2cccc3ccccc23)NC(=O)c2ccccc2)c1)Nc1ccc2c(c1)OCO2. The summed E-state index contributed by atoms with van der Waals surface area (Å²) < 4.78 is 10.7. The van der Waals surface area contributed by atoms with Gasteiger partial charge in [-0.3, -0.25) is 14.4 Å². The van der Waals surface area contributed by atoms with Crippen molar-refractivity contribution in [3.63, 3.8) is 0 Å². The van der Waals surface area contributed by atoms with Crippen LogP contribution < -0.4 is 25.4 Å². The Hall–Kier alpha value is -5.54. The van der Waals surface area contributed by atoms with Gasteiger partial charge in [-0.05, 0) is 64.9 Å². The highest BCUT2D eigenvalue weighted by molar-refractivity contribution is 8.00. The van der Waals surface area contributed by atoms with Gasteiger partial charge in [0, 0.05) is 27.9 Å². The van der Waals surface area contributed by atoms with E-state index in [1.165, 1.54) is 11.8 Å². The number of carbonyl (C=O) groups excluding carboxylic acids is 3. The summed E-state index contributed by atoms with van der Waals surface area (Å²) in [5.74, 6) is 0.325. The Morgan fingerprint density at radius 3 is 2.36 bits per heavy atom. The van der Waals surface area contributed by atoms with Crippen molar-refractivity contribution in [3.8, 4) is 11.5 Å². The van der Waals surface area contributed by atoms with E-state index in [1.54, 1.807) is 66.7 Å². The van der Waals surface area contributed by atoms with Gasteiger partial charge in [0.2, 0.25) is 12.7 Å². The van der Waals surface area contributed by atoms with Crippen molar-refractivity contribution in [2.24, 2.45) is 0 Å².